The van der Waals surface area contributed by atoms with E-state index in [0.717, 1.165) is 0 Å². The van der Waals surface area contributed by atoms with Gasteiger partial charge in [0.15, 0.2) is 5.82 Å². The van der Waals surface area contributed by atoms with Crippen molar-refractivity contribution in [1.82, 2.24) is 4.98 Å². The third-order valence-electron chi connectivity index (χ3n) is 2.49. The van der Waals surface area contributed by atoms with Crippen molar-refractivity contribution >= 4 is 33.1 Å². The Hall–Kier alpha value is -1.79. The standard InChI is InChI=1S/C12H12ClN3O2S/c1-8-4-5-9(14)7-11(8)19(17,18)16-12-10(13)3-2-6-15-12/h2-7H,14H2,1H3,(H,15,16). The predicted octanol–water partition coefficient (Wildman–Crippen LogP) is 2.43. The van der Waals surface area contributed by atoms with Crippen molar-refractivity contribution in [2.75, 3.05) is 10.5 Å². The number of hydrogen-bond acceptors (Lipinski definition) is 4. The van der Waals surface area contributed by atoms with E-state index in [2.05, 4.69) is 9.71 Å². The summed E-state index contributed by atoms with van der Waals surface area (Å²) in [7, 11) is -3.77. The van der Waals surface area contributed by atoms with E-state index in [1.807, 2.05) is 0 Å². The summed E-state index contributed by atoms with van der Waals surface area (Å²) in [6, 6.07) is 7.85. The van der Waals surface area contributed by atoms with E-state index < -0.39 is 10.0 Å². The van der Waals surface area contributed by atoms with Crippen LogP contribution < -0.4 is 10.5 Å². The minimum Gasteiger partial charge on any atom is -0.399 e. The maximum absolute atomic E-state index is 12.3. The molecule has 0 aliphatic heterocycles. The molecule has 100 valence electrons. The molecule has 0 aliphatic carbocycles. The van der Waals surface area contributed by atoms with Crippen molar-refractivity contribution in [1.29, 1.82) is 0 Å². The maximum Gasteiger partial charge on any atom is 0.263 e. The molecule has 0 atom stereocenters. The molecule has 3 N–H and O–H groups in total. The Morgan fingerprint density at radius 1 is 1.32 bits per heavy atom. The van der Waals surface area contributed by atoms with Crippen LogP contribution >= 0.6 is 11.6 Å². The molecule has 0 saturated heterocycles. The summed E-state index contributed by atoms with van der Waals surface area (Å²) in [6.45, 7) is 1.69. The van der Waals surface area contributed by atoms with Gasteiger partial charge in [-0.2, -0.15) is 0 Å². The number of nitrogens with one attached hydrogen (secondary N) is 1. The molecular formula is C12H12ClN3O2S. The molecule has 2 aromatic rings. The third-order valence-corrected chi connectivity index (χ3v) is 4.28. The first-order chi connectivity index (χ1) is 8.90. The zero-order chi connectivity index (χ0) is 14.0. The Labute approximate surface area is 116 Å². The highest BCUT2D eigenvalue weighted by atomic mass is 35.5. The van der Waals surface area contributed by atoms with E-state index in [1.54, 1.807) is 31.2 Å². The highest BCUT2D eigenvalue weighted by Crippen LogP contribution is 2.24. The molecule has 0 saturated carbocycles. The van der Waals surface area contributed by atoms with E-state index >= 15 is 0 Å². The molecule has 1 aromatic heterocycles. The Kier molecular flexibility index (Phi) is 3.64. The lowest BCUT2D eigenvalue weighted by Crippen LogP contribution is -2.15. The zero-order valence-corrected chi connectivity index (χ0v) is 11.7. The highest BCUT2D eigenvalue weighted by molar-refractivity contribution is 7.92. The van der Waals surface area contributed by atoms with E-state index in [1.165, 1.54) is 12.3 Å². The van der Waals surface area contributed by atoms with Crippen LogP contribution in [0.1, 0.15) is 5.56 Å². The first-order valence-electron chi connectivity index (χ1n) is 5.39. The second kappa shape index (κ2) is 5.07. The van der Waals surface area contributed by atoms with Crippen molar-refractivity contribution in [2.24, 2.45) is 0 Å². The summed E-state index contributed by atoms with van der Waals surface area (Å²) < 4.78 is 26.9. The fourth-order valence-electron chi connectivity index (χ4n) is 1.55. The molecule has 19 heavy (non-hydrogen) atoms. The number of benzene rings is 1. The van der Waals surface area contributed by atoms with Crippen LogP contribution in [0.3, 0.4) is 0 Å². The van der Waals surface area contributed by atoms with Crippen LogP contribution in [0.2, 0.25) is 5.02 Å². The maximum atomic E-state index is 12.3. The molecule has 1 heterocycles. The molecule has 0 fully saturated rings. The summed E-state index contributed by atoms with van der Waals surface area (Å²) in [5.41, 5.74) is 6.58. The van der Waals surface area contributed by atoms with Crippen LogP contribution in [-0.4, -0.2) is 13.4 Å². The van der Waals surface area contributed by atoms with Gasteiger partial charge in [0.1, 0.15) is 0 Å². The van der Waals surface area contributed by atoms with Gasteiger partial charge in [0.25, 0.3) is 10.0 Å². The zero-order valence-electron chi connectivity index (χ0n) is 10.1. The first-order valence-corrected chi connectivity index (χ1v) is 7.26. The van der Waals surface area contributed by atoms with Crippen LogP contribution in [0.5, 0.6) is 0 Å². The lowest BCUT2D eigenvalue weighted by molar-refractivity contribution is 0.600. The molecule has 2 rings (SSSR count). The number of nitrogens with zero attached hydrogens (tertiary/aromatic N) is 1. The quantitative estimate of drug-likeness (QED) is 0.852. The average Bonchev–Trinajstić information content (AvgIpc) is 2.35. The van der Waals surface area contributed by atoms with E-state index in [4.69, 9.17) is 17.3 Å². The molecule has 1 aromatic carbocycles. The Balaban J connectivity index is 2.44. The smallest absolute Gasteiger partial charge is 0.263 e. The number of hydrogen-bond donors (Lipinski definition) is 2. The molecule has 0 spiro atoms. The predicted molar refractivity (Wildman–Crippen MR) is 75.6 cm³/mol. The van der Waals surface area contributed by atoms with Crippen molar-refractivity contribution < 1.29 is 8.42 Å². The number of nitrogen functional groups attached to an aromatic ring is 1. The van der Waals surface area contributed by atoms with Crippen LogP contribution in [-0.2, 0) is 10.0 Å². The topological polar surface area (TPSA) is 85.1 Å². The van der Waals surface area contributed by atoms with Crippen LogP contribution in [0.15, 0.2) is 41.4 Å². The number of aryl methyl sites for hydroxylation is 1. The number of halogens is 1. The molecular weight excluding hydrogens is 286 g/mol. The van der Waals surface area contributed by atoms with Crippen LogP contribution in [0, 0.1) is 6.92 Å². The molecule has 0 radical (unpaired) electrons. The third kappa shape index (κ3) is 2.97. The van der Waals surface area contributed by atoms with Crippen molar-refractivity contribution in [2.45, 2.75) is 11.8 Å². The number of anilines is 2. The summed E-state index contributed by atoms with van der Waals surface area (Å²) in [6.07, 6.45) is 1.45. The first kappa shape index (κ1) is 13.6. The minimum atomic E-state index is -3.77. The largest absolute Gasteiger partial charge is 0.399 e. The Bertz CT molecular complexity index is 717. The lowest BCUT2D eigenvalue weighted by atomic mass is 10.2. The highest BCUT2D eigenvalue weighted by Gasteiger charge is 2.18. The van der Waals surface area contributed by atoms with Gasteiger partial charge >= 0.3 is 0 Å². The minimum absolute atomic E-state index is 0.0889. The number of aromatic nitrogens is 1. The molecule has 0 bridgehead atoms. The van der Waals surface area contributed by atoms with Gasteiger partial charge in [0.05, 0.1) is 9.92 Å². The SMILES string of the molecule is Cc1ccc(N)cc1S(=O)(=O)Nc1ncccc1Cl. The summed E-state index contributed by atoms with van der Waals surface area (Å²) in [4.78, 5) is 3.99. The van der Waals surface area contributed by atoms with Crippen molar-refractivity contribution in [3.05, 3.63) is 47.1 Å². The van der Waals surface area contributed by atoms with Gasteiger partial charge in [-0.05, 0) is 36.8 Å². The summed E-state index contributed by atoms with van der Waals surface area (Å²) in [5, 5.41) is 0.229. The van der Waals surface area contributed by atoms with Gasteiger partial charge in [-0.25, -0.2) is 13.4 Å². The fourth-order valence-corrected chi connectivity index (χ4v) is 3.08. The van der Waals surface area contributed by atoms with Crippen molar-refractivity contribution in [3.8, 4) is 0 Å². The van der Waals surface area contributed by atoms with Gasteiger partial charge in [-0.3, -0.25) is 4.72 Å². The average molecular weight is 298 g/mol. The van der Waals surface area contributed by atoms with Gasteiger partial charge in [0.2, 0.25) is 0 Å². The molecule has 7 heteroatoms. The number of pyridine rings is 1. The van der Waals surface area contributed by atoms with Gasteiger partial charge in [-0.1, -0.05) is 17.7 Å². The van der Waals surface area contributed by atoms with Gasteiger partial charge in [-0.15, -0.1) is 0 Å². The number of rotatable bonds is 3. The Morgan fingerprint density at radius 3 is 2.74 bits per heavy atom. The number of sulfonamides is 1. The van der Waals surface area contributed by atoms with Gasteiger partial charge in [0, 0.05) is 11.9 Å². The second-order valence-corrected chi connectivity index (χ2v) is 6.02. The van der Waals surface area contributed by atoms with Gasteiger partial charge < -0.3 is 5.73 Å². The van der Waals surface area contributed by atoms with E-state index in [-0.39, 0.29) is 15.7 Å². The summed E-state index contributed by atoms with van der Waals surface area (Å²) in [5.74, 6) is 0.0889. The molecule has 5 nitrogen and oxygen atoms in total. The van der Waals surface area contributed by atoms with Crippen LogP contribution in [0.4, 0.5) is 11.5 Å². The van der Waals surface area contributed by atoms with E-state index in [0.29, 0.717) is 11.3 Å². The normalized spacial score (nSPS) is 11.3. The second-order valence-electron chi connectivity index (χ2n) is 3.96. The van der Waals surface area contributed by atoms with Crippen LogP contribution in [0.25, 0.3) is 0 Å². The molecule has 0 unspecified atom stereocenters. The monoisotopic (exact) mass is 297 g/mol. The molecule has 0 aliphatic rings. The fraction of sp³-hybridized carbons (Fsp3) is 0.0833. The lowest BCUT2D eigenvalue weighted by Gasteiger charge is -2.11. The molecule has 0 amide bonds. The van der Waals surface area contributed by atoms with Crippen molar-refractivity contribution in [3.63, 3.8) is 0 Å². The number of nitrogens with two attached hydrogens (primary N) is 1. The summed E-state index contributed by atoms with van der Waals surface area (Å²) >= 11 is 5.87. The Morgan fingerprint density at radius 2 is 2.05 bits per heavy atom. The van der Waals surface area contributed by atoms with E-state index in [9.17, 15) is 8.42 Å².